The van der Waals surface area contributed by atoms with Crippen LogP contribution in [0.3, 0.4) is 0 Å². The number of nitrogens with two attached hydrogens (primary N) is 1. The highest BCUT2D eigenvalue weighted by atomic mass is 16.7. The van der Waals surface area contributed by atoms with Crippen molar-refractivity contribution in [2.75, 3.05) is 6.61 Å². The van der Waals surface area contributed by atoms with Crippen molar-refractivity contribution >= 4 is 11.9 Å². The summed E-state index contributed by atoms with van der Waals surface area (Å²) in [5, 5.41) is 9.88. The quantitative estimate of drug-likeness (QED) is 0.490. The molecule has 0 saturated heterocycles. The Morgan fingerprint density at radius 2 is 1.82 bits per heavy atom. The number of hydrogen-bond acceptors (Lipinski definition) is 6. The molecule has 0 amide bonds. The summed E-state index contributed by atoms with van der Waals surface area (Å²) in [4.78, 5) is 29.2. The Morgan fingerprint density at radius 1 is 1.23 bits per heavy atom. The van der Waals surface area contributed by atoms with Gasteiger partial charge in [-0.2, -0.15) is 5.90 Å². The summed E-state index contributed by atoms with van der Waals surface area (Å²) in [5.74, 6) is 3.40. The third-order valence-electron chi connectivity index (χ3n) is 4.06. The summed E-state index contributed by atoms with van der Waals surface area (Å²) >= 11 is 0. The molecule has 3 N–H and O–H groups in total. The van der Waals surface area contributed by atoms with E-state index in [1.54, 1.807) is 45.0 Å². The van der Waals surface area contributed by atoms with Gasteiger partial charge < -0.3 is 14.7 Å². The van der Waals surface area contributed by atoms with Crippen molar-refractivity contribution in [2.45, 2.75) is 38.2 Å². The highest BCUT2D eigenvalue weighted by molar-refractivity contribution is 6.06. The number of hydrogen-bond donors (Lipinski definition) is 2. The average Bonchev–Trinajstić information content (AvgIpc) is 3.18. The monoisotopic (exact) mass is 307 g/mol. The molecule has 2 rings (SSSR count). The Morgan fingerprint density at radius 3 is 2.27 bits per heavy atom. The van der Waals surface area contributed by atoms with Gasteiger partial charge in [-0.3, -0.25) is 4.79 Å². The molecule has 0 radical (unpaired) electrons. The second-order valence-electron chi connectivity index (χ2n) is 6.60. The number of aliphatic hydroxyl groups is 1. The number of ether oxygens (including phenoxy) is 1. The van der Waals surface area contributed by atoms with E-state index in [-0.39, 0.29) is 13.0 Å². The van der Waals surface area contributed by atoms with Gasteiger partial charge in [-0.05, 0) is 32.8 Å². The second-order valence-corrected chi connectivity index (χ2v) is 6.60. The Labute approximate surface area is 129 Å². The molecule has 22 heavy (non-hydrogen) atoms. The number of aliphatic hydroxyl groups excluding tert-OH is 1. The Hall–Kier alpha value is -1.92. The van der Waals surface area contributed by atoms with Gasteiger partial charge in [0, 0.05) is 5.41 Å². The molecule has 0 aliphatic heterocycles. The highest BCUT2D eigenvalue weighted by Gasteiger charge is 2.79. The smallest absolute Gasteiger partial charge is 0.343 e. The number of benzene rings is 1. The predicted octanol–water partition coefficient (Wildman–Crippen LogP) is 1.07. The lowest BCUT2D eigenvalue weighted by Gasteiger charge is -2.26. The van der Waals surface area contributed by atoms with Gasteiger partial charge in [0.25, 0.3) is 0 Å². The van der Waals surface area contributed by atoms with E-state index in [2.05, 4.69) is 4.84 Å². The first-order valence-electron chi connectivity index (χ1n) is 7.04. The van der Waals surface area contributed by atoms with Crippen LogP contribution in [0.15, 0.2) is 30.3 Å². The molecule has 0 spiro atoms. The van der Waals surface area contributed by atoms with Crippen molar-refractivity contribution in [3.05, 3.63) is 35.9 Å². The fourth-order valence-corrected chi connectivity index (χ4v) is 2.88. The third-order valence-corrected chi connectivity index (χ3v) is 4.06. The van der Waals surface area contributed by atoms with E-state index < -0.39 is 28.4 Å². The molecule has 120 valence electrons. The number of rotatable bonds is 4. The topological polar surface area (TPSA) is 98.9 Å². The van der Waals surface area contributed by atoms with Crippen molar-refractivity contribution in [3.63, 3.8) is 0 Å². The number of esters is 1. The average molecular weight is 307 g/mol. The lowest BCUT2D eigenvalue weighted by Crippen LogP contribution is -2.42. The van der Waals surface area contributed by atoms with E-state index in [9.17, 15) is 14.7 Å². The minimum atomic E-state index is -1.61. The Bertz CT molecular complexity index is 580. The first-order chi connectivity index (χ1) is 10.2. The van der Waals surface area contributed by atoms with Crippen molar-refractivity contribution < 1.29 is 24.3 Å². The van der Waals surface area contributed by atoms with Crippen LogP contribution in [-0.4, -0.2) is 29.3 Å². The van der Waals surface area contributed by atoms with Gasteiger partial charge in [-0.15, -0.1) is 0 Å². The van der Waals surface area contributed by atoms with Crippen LogP contribution in [0.1, 0.15) is 32.8 Å². The molecule has 1 aromatic carbocycles. The molecule has 1 saturated carbocycles. The van der Waals surface area contributed by atoms with Crippen LogP contribution < -0.4 is 5.90 Å². The van der Waals surface area contributed by atoms with Crippen LogP contribution in [0.2, 0.25) is 0 Å². The van der Waals surface area contributed by atoms with Crippen LogP contribution >= 0.6 is 0 Å². The maximum absolute atomic E-state index is 12.6. The number of carbonyl (C=O) groups excluding carboxylic acids is 2. The SMILES string of the molecule is CC(C)(C)OC(=O)C1(C(=O)ON)CC1(CO)c1ccccc1. The molecule has 1 aliphatic rings. The van der Waals surface area contributed by atoms with Gasteiger partial charge in [0.05, 0.1) is 6.61 Å². The third kappa shape index (κ3) is 2.38. The van der Waals surface area contributed by atoms with Crippen molar-refractivity contribution in [1.29, 1.82) is 0 Å². The zero-order valence-corrected chi connectivity index (χ0v) is 13.0. The molecular formula is C16H21NO5. The van der Waals surface area contributed by atoms with Crippen molar-refractivity contribution in [1.82, 2.24) is 0 Å². The second kappa shape index (κ2) is 5.37. The van der Waals surface area contributed by atoms with E-state index in [0.29, 0.717) is 5.56 Å². The van der Waals surface area contributed by atoms with E-state index in [1.807, 2.05) is 6.07 Å². The van der Waals surface area contributed by atoms with Gasteiger partial charge in [0.2, 0.25) is 0 Å². The molecule has 2 atom stereocenters. The zero-order valence-electron chi connectivity index (χ0n) is 13.0. The summed E-state index contributed by atoms with van der Waals surface area (Å²) in [6.45, 7) is 4.74. The fraction of sp³-hybridized carbons (Fsp3) is 0.500. The summed E-state index contributed by atoms with van der Waals surface area (Å²) in [5.41, 5.74) is -2.76. The van der Waals surface area contributed by atoms with E-state index in [1.165, 1.54) is 0 Å². The highest BCUT2D eigenvalue weighted by Crippen LogP contribution is 2.65. The van der Waals surface area contributed by atoms with E-state index in [0.717, 1.165) is 0 Å². The first kappa shape index (κ1) is 16.5. The van der Waals surface area contributed by atoms with Crippen LogP contribution in [0, 0.1) is 5.41 Å². The molecular weight excluding hydrogens is 286 g/mol. The normalized spacial score (nSPS) is 27.1. The number of carbonyl (C=O) groups is 2. The zero-order chi connectivity index (χ0) is 16.6. The lowest BCUT2D eigenvalue weighted by molar-refractivity contribution is -0.173. The standard InChI is InChI=1S/C16H21NO5/c1-14(2,3)21-12(19)16(13(20)22-17)9-15(16,10-18)11-7-5-4-6-8-11/h4-8,18H,9-10,17H2,1-3H3. The fourth-order valence-electron chi connectivity index (χ4n) is 2.88. The van der Waals surface area contributed by atoms with Crippen molar-refractivity contribution in [2.24, 2.45) is 11.3 Å². The molecule has 1 aromatic rings. The lowest BCUT2D eigenvalue weighted by atomic mass is 9.86. The molecule has 0 bridgehead atoms. The maximum atomic E-state index is 12.6. The molecule has 1 aliphatic carbocycles. The van der Waals surface area contributed by atoms with Crippen LogP contribution in [0.5, 0.6) is 0 Å². The van der Waals surface area contributed by atoms with Gasteiger partial charge in [-0.1, -0.05) is 30.3 Å². The molecule has 1 fully saturated rings. The predicted molar refractivity (Wildman–Crippen MR) is 78.4 cm³/mol. The summed E-state index contributed by atoms with van der Waals surface area (Å²) in [6, 6.07) is 8.88. The first-order valence-corrected chi connectivity index (χ1v) is 7.04. The van der Waals surface area contributed by atoms with Crippen molar-refractivity contribution in [3.8, 4) is 0 Å². The minimum Gasteiger partial charge on any atom is -0.459 e. The van der Waals surface area contributed by atoms with E-state index >= 15 is 0 Å². The van der Waals surface area contributed by atoms with Gasteiger partial charge in [0.15, 0.2) is 5.41 Å². The van der Waals surface area contributed by atoms with Crippen LogP contribution in [-0.2, 0) is 24.6 Å². The molecule has 6 heteroatoms. The maximum Gasteiger partial charge on any atom is 0.343 e. The summed E-state index contributed by atoms with van der Waals surface area (Å²) < 4.78 is 5.36. The minimum absolute atomic E-state index is 0.103. The largest absolute Gasteiger partial charge is 0.459 e. The van der Waals surface area contributed by atoms with Crippen LogP contribution in [0.25, 0.3) is 0 Å². The Kier molecular flexibility index (Phi) is 4.02. The van der Waals surface area contributed by atoms with Gasteiger partial charge in [-0.25, -0.2) is 4.79 Å². The molecule has 0 aromatic heterocycles. The van der Waals surface area contributed by atoms with Gasteiger partial charge in [0.1, 0.15) is 5.60 Å². The van der Waals surface area contributed by atoms with E-state index in [4.69, 9.17) is 10.6 Å². The summed E-state index contributed by atoms with van der Waals surface area (Å²) in [6.07, 6.45) is 0.103. The Balaban J connectivity index is 2.46. The van der Waals surface area contributed by atoms with Gasteiger partial charge >= 0.3 is 11.9 Å². The molecule has 6 nitrogen and oxygen atoms in total. The summed E-state index contributed by atoms with van der Waals surface area (Å²) in [7, 11) is 0. The van der Waals surface area contributed by atoms with Crippen LogP contribution in [0.4, 0.5) is 0 Å². The molecule has 0 heterocycles. The molecule has 2 unspecified atom stereocenters.